The lowest BCUT2D eigenvalue weighted by molar-refractivity contribution is 0.439. The van der Waals surface area contributed by atoms with Crippen LogP contribution in [0.3, 0.4) is 0 Å². The number of hydrogen-bond donors (Lipinski definition) is 1. The number of halogens is 2. The second-order valence-electron chi connectivity index (χ2n) is 6.12. The zero-order chi connectivity index (χ0) is 19.6. The van der Waals surface area contributed by atoms with Gasteiger partial charge in [0, 0.05) is 12.0 Å². The monoisotopic (exact) mass is 383 g/mol. The van der Waals surface area contributed by atoms with E-state index in [9.17, 15) is 9.18 Å². The molecule has 0 saturated carbocycles. The Balaban J connectivity index is 1.96. The van der Waals surface area contributed by atoms with Crippen LogP contribution in [0.2, 0.25) is 5.02 Å². The van der Waals surface area contributed by atoms with Gasteiger partial charge in [0.05, 0.1) is 17.3 Å². The molecule has 3 aromatic rings. The molecule has 0 bridgehead atoms. The molecule has 0 aliphatic heterocycles. The lowest BCUT2D eigenvalue weighted by atomic mass is 10.1. The van der Waals surface area contributed by atoms with Crippen LogP contribution in [0.25, 0.3) is 4.85 Å². The van der Waals surface area contributed by atoms with E-state index in [0.717, 1.165) is 5.56 Å². The third kappa shape index (κ3) is 4.15. The highest BCUT2D eigenvalue weighted by Gasteiger charge is 2.16. The van der Waals surface area contributed by atoms with Crippen LogP contribution in [0.4, 0.5) is 10.1 Å². The standard InChI is InChI=1S/C20H15ClFN3O2/c1-11-6-14(23-3)10-16(7-11)27-19-17(21)5-4-13(18(19)22)9-15-8-12(2)20(26)25-24-15/h4-8,10H,9H2,1-2H3,(H,25,26). The second kappa shape index (κ2) is 7.60. The smallest absolute Gasteiger partial charge is 0.267 e. The molecule has 0 spiro atoms. The van der Waals surface area contributed by atoms with E-state index in [1.54, 1.807) is 37.3 Å². The predicted molar refractivity (Wildman–Crippen MR) is 101 cm³/mol. The van der Waals surface area contributed by atoms with Crippen LogP contribution >= 0.6 is 11.6 Å². The molecule has 0 atom stereocenters. The Bertz CT molecular complexity index is 1120. The molecule has 0 aliphatic carbocycles. The number of ether oxygens (including phenoxy) is 1. The van der Waals surface area contributed by atoms with E-state index in [4.69, 9.17) is 22.9 Å². The van der Waals surface area contributed by atoms with E-state index in [1.807, 2.05) is 6.92 Å². The van der Waals surface area contributed by atoms with Gasteiger partial charge < -0.3 is 4.74 Å². The Hall–Kier alpha value is -3.17. The van der Waals surface area contributed by atoms with Crippen molar-refractivity contribution in [2.24, 2.45) is 0 Å². The zero-order valence-corrected chi connectivity index (χ0v) is 15.4. The van der Waals surface area contributed by atoms with Crippen LogP contribution in [-0.4, -0.2) is 10.2 Å². The number of rotatable bonds is 4. The van der Waals surface area contributed by atoms with Gasteiger partial charge in [0.15, 0.2) is 17.3 Å². The summed E-state index contributed by atoms with van der Waals surface area (Å²) >= 11 is 6.13. The van der Waals surface area contributed by atoms with Gasteiger partial charge in [-0.2, -0.15) is 5.10 Å². The minimum absolute atomic E-state index is 0.114. The number of aromatic nitrogens is 2. The summed E-state index contributed by atoms with van der Waals surface area (Å²) in [5.41, 5.74) is 2.27. The van der Waals surface area contributed by atoms with Crippen molar-refractivity contribution in [2.75, 3.05) is 0 Å². The van der Waals surface area contributed by atoms with Crippen molar-refractivity contribution in [3.63, 3.8) is 0 Å². The molecule has 3 rings (SSSR count). The SMILES string of the molecule is [C-]#[N+]c1cc(C)cc(Oc2c(Cl)ccc(Cc3cc(C)c(=O)[nH]n3)c2F)c1. The summed E-state index contributed by atoms with van der Waals surface area (Å²) in [6.45, 7) is 10.6. The van der Waals surface area contributed by atoms with Gasteiger partial charge in [-0.15, -0.1) is 0 Å². The third-order valence-corrected chi connectivity index (χ3v) is 4.23. The minimum Gasteiger partial charge on any atom is -0.454 e. The van der Waals surface area contributed by atoms with Gasteiger partial charge in [-0.05, 0) is 43.7 Å². The van der Waals surface area contributed by atoms with Gasteiger partial charge in [0.25, 0.3) is 5.56 Å². The van der Waals surface area contributed by atoms with Crippen molar-refractivity contribution in [1.29, 1.82) is 0 Å². The number of hydrogen-bond acceptors (Lipinski definition) is 3. The van der Waals surface area contributed by atoms with Crippen molar-refractivity contribution in [2.45, 2.75) is 20.3 Å². The van der Waals surface area contributed by atoms with Gasteiger partial charge in [0.1, 0.15) is 5.75 Å². The van der Waals surface area contributed by atoms with E-state index >= 15 is 0 Å². The van der Waals surface area contributed by atoms with E-state index in [-0.39, 0.29) is 22.8 Å². The van der Waals surface area contributed by atoms with Gasteiger partial charge in [0.2, 0.25) is 0 Å². The normalized spacial score (nSPS) is 10.5. The van der Waals surface area contributed by atoms with Crippen molar-refractivity contribution >= 4 is 17.3 Å². The fourth-order valence-electron chi connectivity index (χ4n) is 2.62. The van der Waals surface area contributed by atoms with Crippen LogP contribution in [0.5, 0.6) is 11.5 Å². The van der Waals surface area contributed by atoms with Crippen LogP contribution in [0.1, 0.15) is 22.4 Å². The Labute approximate surface area is 160 Å². The summed E-state index contributed by atoms with van der Waals surface area (Å²) in [5, 5.41) is 6.43. The number of nitrogens with zero attached hydrogens (tertiary/aromatic N) is 2. The van der Waals surface area contributed by atoms with Crippen molar-refractivity contribution < 1.29 is 9.13 Å². The topological polar surface area (TPSA) is 59.3 Å². The van der Waals surface area contributed by atoms with Crippen LogP contribution in [-0.2, 0) is 6.42 Å². The molecule has 5 nitrogen and oxygen atoms in total. The molecular weight excluding hydrogens is 369 g/mol. The highest BCUT2D eigenvalue weighted by Crippen LogP contribution is 2.36. The molecule has 0 radical (unpaired) electrons. The Morgan fingerprint density at radius 2 is 2.04 bits per heavy atom. The molecule has 0 unspecified atom stereocenters. The number of benzene rings is 2. The lowest BCUT2D eigenvalue weighted by Gasteiger charge is -2.13. The maximum absolute atomic E-state index is 15.0. The number of aromatic amines is 1. The van der Waals surface area contributed by atoms with E-state index in [1.165, 1.54) is 6.07 Å². The minimum atomic E-state index is -0.612. The number of aryl methyl sites for hydroxylation is 2. The molecule has 2 aromatic carbocycles. The lowest BCUT2D eigenvalue weighted by Crippen LogP contribution is -2.13. The molecular formula is C20H15ClFN3O2. The fraction of sp³-hybridized carbons (Fsp3) is 0.150. The molecule has 7 heteroatoms. The van der Waals surface area contributed by atoms with Crippen molar-refractivity contribution in [3.8, 4) is 11.5 Å². The molecule has 1 aromatic heterocycles. The van der Waals surface area contributed by atoms with Crippen LogP contribution in [0.15, 0.2) is 41.2 Å². The highest BCUT2D eigenvalue weighted by molar-refractivity contribution is 6.32. The largest absolute Gasteiger partial charge is 0.454 e. The molecule has 0 saturated heterocycles. The molecule has 136 valence electrons. The van der Waals surface area contributed by atoms with Gasteiger partial charge in [-0.3, -0.25) is 4.79 Å². The van der Waals surface area contributed by atoms with E-state index < -0.39 is 5.82 Å². The van der Waals surface area contributed by atoms with Crippen LogP contribution < -0.4 is 10.3 Å². The number of H-pyrrole nitrogens is 1. The molecule has 1 N–H and O–H groups in total. The summed E-state index contributed by atoms with van der Waals surface area (Å²) in [5.74, 6) is -0.396. The fourth-order valence-corrected chi connectivity index (χ4v) is 2.80. The average Bonchev–Trinajstić information content (AvgIpc) is 2.63. The second-order valence-corrected chi connectivity index (χ2v) is 6.52. The molecule has 0 fully saturated rings. The number of nitrogens with one attached hydrogen (secondary N) is 1. The first-order valence-electron chi connectivity index (χ1n) is 8.06. The summed E-state index contributed by atoms with van der Waals surface area (Å²) < 4.78 is 20.7. The first kappa shape index (κ1) is 18.6. The van der Waals surface area contributed by atoms with Gasteiger partial charge in [-0.1, -0.05) is 29.3 Å². The molecule has 27 heavy (non-hydrogen) atoms. The van der Waals surface area contributed by atoms with Gasteiger partial charge >= 0.3 is 0 Å². The summed E-state index contributed by atoms with van der Waals surface area (Å²) in [6, 6.07) is 9.63. The van der Waals surface area contributed by atoms with Crippen molar-refractivity contribution in [1.82, 2.24) is 10.2 Å². The third-order valence-electron chi connectivity index (χ3n) is 3.93. The molecule has 0 amide bonds. The Morgan fingerprint density at radius 3 is 2.74 bits per heavy atom. The van der Waals surface area contributed by atoms with Crippen LogP contribution in [0, 0.1) is 26.2 Å². The quantitative estimate of drug-likeness (QED) is 0.636. The summed E-state index contributed by atoms with van der Waals surface area (Å²) in [4.78, 5) is 14.8. The zero-order valence-electron chi connectivity index (χ0n) is 14.6. The summed E-state index contributed by atoms with van der Waals surface area (Å²) in [7, 11) is 0. The average molecular weight is 384 g/mol. The molecule has 0 aliphatic rings. The summed E-state index contributed by atoms with van der Waals surface area (Å²) in [6.07, 6.45) is 0.165. The van der Waals surface area contributed by atoms with Crippen molar-refractivity contribution in [3.05, 3.63) is 91.4 Å². The maximum Gasteiger partial charge on any atom is 0.267 e. The van der Waals surface area contributed by atoms with E-state index in [2.05, 4.69) is 15.0 Å². The molecule has 1 heterocycles. The first-order valence-corrected chi connectivity index (χ1v) is 8.44. The Morgan fingerprint density at radius 1 is 1.26 bits per heavy atom. The maximum atomic E-state index is 15.0. The van der Waals surface area contributed by atoms with Gasteiger partial charge in [-0.25, -0.2) is 14.3 Å². The predicted octanol–water partition coefficient (Wildman–Crippen LogP) is 5.11. The Kier molecular flexibility index (Phi) is 5.24. The van der Waals surface area contributed by atoms with E-state index in [0.29, 0.717) is 28.3 Å². The first-order chi connectivity index (χ1) is 12.9. The highest BCUT2D eigenvalue weighted by atomic mass is 35.5.